The van der Waals surface area contributed by atoms with Gasteiger partial charge in [-0.05, 0) is 70.2 Å². The summed E-state index contributed by atoms with van der Waals surface area (Å²) < 4.78 is 11.9. The van der Waals surface area contributed by atoms with Gasteiger partial charge in [0.15, 0.2) is 0 Å². The third kappa shape index (κ3) is 4.74. The van der Waals surface area contributed by atoms with Crippen molar-refractivity contribution in [2.24, 2.45) is 0 Å². The number of carboxylic acids is 1. The van der Waals surface area contributed by atoms with E-state index < -0.39 is 5.97 Å². The lowest BCUT2D eigenvalue weighted by atomic mass is 9.98. The van der Waals surface area contributed by atoms with Gasteiger partial charge in [0.05, 0.1) is 10.0 Å². The van der Waals surface area contributed by atoms with E-state index >= 15 is 0 Å². The van der Waals surface area contributed by atoms with Crippen molar-refractivity contribution in [2.75, 3.05) is 13.2 Å². The van der Waals surface area contributed by atoms with E-state index in [0.29, 0.717) is 29.4 Å². The normalized spacial score (nSPS) is 10.7. The Bertz CT molecular complexity index is 725. The summed E-state index contributed by atoms with van der Waals surface area (Å²) in [6.07, 6.45) is 0. The Morgan fingerprint density at radius 2 is 1.83 bits per heavy atom. The second-order valence-corrected chi connectivity index (χ2v) is 6.67. The summed E-state index contributed by atoms with van der Waals surface area (Å²) in [5.41, 5.74) is 2.75. The first kappa shape index (κ1) is 18.3. The molecule has 0 aliphatic rings. The Balaban J connectivity index is 1.87. The zero-order valence-corrected chi connectivity index (χ0v) is 15.6. The molecule has 0 aliphatic carbocycles. The predicted octanol–water partition coefficient (Wildman–Crippen LogP) is 5.04. The van der Waals surface area contributed by atoms with Crippen molar-refractivity contribution < 1.29 is 19.4 Å². The van der Waals surface area contributed by atoms with Crippen molar-refractivity contribution >= 4 is 21.9 Å². The molecule has 0 saturated carbocycles. The average molecular weight is 393 g/mol. The van der Waals surface area contributed by atoms with Gasteiger partial charge in [-0.15, -0.1) is 0 Å². The van der Waals surface area contributed by atoms with Gasteiger partial charge in [-0.3, -0.25) is 0 Å². The summed E-state index contributed by atoms with van der Waals surface area (Å²) in [6.45, 7) is 7.21. The van der Waals surface area contributed by atoms with Crippen LogP contribution in [0.15, 0.2) is 40.9 Å². The van der Waals surface area contributed by atoms with Crippen molar-refractivity contribution in [1.82, 2.24) is 0 Å². The molecular formula is C19H21BrO4. The van der Waals surface area contributed by atoms with Crippen LogP contribution >= 0.6 is 15.9 Å². The van der Waals surface area contributed by atoms with Gasteiger partial charge >= 0.3 is 5.97 Å². The first-order valence-electron chi connectivity index (χ1n) is 7.77. The number of benzene rings is 2. The molecule has 1 N–H and O–H groups in total. The summed E-state index contributed by atoms with van der Waals surface area (Å²) in [5, 5.41) is 8.93. The van der Waals surface area contributed by atoms with Crippen molar-refractivity contribution in [3.8, 4) is 11.5 Å². The zero-order valence-electron chi connectivity index (χ0n) is 14.0. The minimum atomic E-state index is -0.967. The molecule has 0 aromatic heterocycles. The van der Waals surface area contributed by atoms with E-state index in [1.54, 1.807) is 6.07 Å². The van der Waals surface area contributed by atoms with Crippen molar-refractivity contribution in [1.29, 1.82) is 0 Å². The first-order valence-corrected chi connectivity index (χ1v) is 8.56. The van der Waals surface area contributed by atoms with E-state index in [4.69, 9.17) is 14.6 Å². The van der Waals surface area contributed by atoms with Crippen LogP contribution < -0.4 is 9.47 Å². The molecule has 0 atom stereocenters. The number of carbonyl (C=O) groups is 1. The summed E-state index contributed by atoms with van der Waals surface area (Å²) in [4.78, 5) is 10.9. The van der Waals surface area contributed by atoms with Gasteiger partial charge in [0.2, 0.25) is 0 Å². The molecule has 2 rings (SSSR count). The van der Waals surface area contributed by atoms with Crippen LogP contribution in [-0.4, -0.2) is 24.3 Å². The number of ether oxygens (including phenoxy) is 2. The van der Waals surface area contributed by atoms with Gasteiger partial charge in [0.1, 0.15) is 24.7 Å². The minimum Gasteiger partial charge on any atom is -0.490 e. The lowest BCUT2D eigenvalue weighted by molar-refractivity contribution is 0.0696. The van der Waals surface area contributed by atoms with Gasteiger partial charge in [-0.25, -0.2) is 4.79 Å². The van der Waals surface area contributed by atoms with E-state index in [-0.39, 0.29) is 5.56 Å². The number of hydrogen-bond acceptors (Lipinski definition) is 3. The van der Waals surface area contributed by atoms with Crippen molar-refractivity contribution in [3.63, 3.8) is 0 Å². The summed E-state index contributed by atoms with van der Waals surface area (Å²) in [6, 6.07) is 10.8. The van der Waals surface area contributed by atoms with E-state index in [1.165, 1.54) is 23.3 Å². The van der Waals surface area contributed by atoms with Crippen LogP contribution in [0.4, 0.5) is 0 Å². The molecule has 0 radical (unpaired) electrons. The molecule has 5 heteroatoms. The third-order valence-electron chi connectivity index (χ3n) is 3.65. The SMILES string of the molecule is Cc1cc(OCCOc2ccc(C(=O)O)cc2Br)ccc1C(C)C. The fourth-order valence-electron chi connectivity index (χ4n) is 2.45. The summed E-state index contributed by atoms with van der Waals surface area (Å²) in [5.74, 6) is 0.940. The highest BCUT2D eigenvalue weighted by Crippen LogP contribution is 2.26. The molecule has 0 spiro atoms. The van der Waals surface area contributed by atoms with E-state index in [1.807, 2.05) is 12.1 Å². The van der Waals surface area contributed by atoms with Gasteiger partial charge in [0.25, 0.3) is 0 Å². The summed E-state index contributed by atoms with van der Waals surface area (Å²) >= 11 is 3.31. The highest BCUT2D eigenvalue weighted by Gasteiger charge is 2.08. The first-order chi connectivity index (χ1) is 11.4. The lowest BCUT2D eigenvalue weighted by Crippen LogP contribution is -2.10. The van der Waals surface area contributed by atoms with Crippen molar-refractivity contribution in [3.05, 3.63) is 57.6 Å². The third-order valence-corrected chi connectivity index (χ3v) is 4.27. The molecule has 4 nitrogen and oxygen atoms in total. The maximum absolute atomic E-state index is 10.9. The number of carboxylic acid groups (broad SMARTS) is 1. The maximum Gasteiger partial charge on any atom is 0.335 e. The minimum absolute atomic E-state index is 0.214. The number of aryl methyl sites for hydroxylation is 1. The average Bonchev–Trinajstić information content (AvgIpc) is 2.52. The van der Waals surface area contributed by atoms with Crippen LogP contribution in [0.3, 0.4) is 0 Å². The molecule has 2 aromatic rings. The van der Waals surface area contributed by atoms with E-state index in [2.05, 4.69) is 42.8 Å². The summed E-state index contributed by atoms with van der Waals surface area (Å²) in [7, 11) is 0. The molecule has 0 unspecified atom stereocenters. The molecule has 0 bridgehead atoms. The molecule has 128 valence electrons. The molecule has 24 heavy (non-hydrogen) atoms. The Labute approximate surface area is 150 Å². The van der Waals surface area contributed by atoms with Gasteiger partial charge in [-0.2, -0.15) is 0 Å². The van der Waals surface area contributed by atoms with Crippen LogP contribution in [0, 0.1) is 6.92 Å². The molecule has 0 amide bonds. The Morgan fingerprint density at radius 3 is 2.42 bits per heavy atom. The zero-order chi connectivity index (χ0) is 17.7. The Hall–Kier alpha value is -2.01. The van der Waals surface area contributed by atoms with Crippen LogP contribution in [0.25, 0.3) is 0 Å². The standard InChI is InChI=1S/C19H21BrO4/c1-12(2)16-6-5-15(10-13(16)3)23-8-9-24-18-7-4-14(19(21)22)11-17(18)20/h4-7,10-12H,8-9H2,1-3H3,(H,21,22). The van der Waals surface area contributed by atoms with Gasteiger partial charge in [-0.1, -0.05) is 19.9 Å². The number of hydrogen-bond donors (Lipinski definition) is 1. The lowest BCUT2D eigenvalue weighted by Gasteiger charge is -2.13. The molecule has 0 saturated heterocycles. The van der Waals surface area contributed by atoms with E-state index in [9.17, 15) is 4.79 Å². The highest BCUT2D eigenvalue weighted by molar-refractivity contribution is 9.10. The predicted molar refractivity (Wildman–Crippen MR) is 97.4 cm³/mol. The van der Waals surface area contributed by atoms with Crippen LogP contribution in [0.2, 0.25) is 0 Å². The van der Waals surface area contributed by atoms with E-state index in [0.717, 1.165) is 5.75 Å². The molecular weight excluding hydrogens is 372 g/mol. The van der Waals surface area contributed by atoms with Crippen LogP contribution in [-0.2, 0) is 0 Å². The Morgan fingerprint density at radius 1 is 1.12 bits per heavy atom. The largest absolute Gasteiger partial charge is 0.490 e. The maximum atomic E-state index is 10.9. The second kappa shape index (κ2) is 8.20. The van der Waals surface area contributed by atoms with Gasteiger partial charge in [0, 0.05) is 0 Å². The quantitative estimate of drug-likeness (QED) is 0.670. The monoisotopic (exact) mass is 392 g/mol. The smallest absolute Gasteiger partial charge is 0.335 e. The molecule has 0 heterocycles. The number of rotatable bonds is 7. The topological polar surface area (TPSA) is 55.8 Å². The van der Waals surface area contributed by atoms with Crippen molar-refractivity contribution in [2.45, 2.75) is 26.7 Å². The number of halogens is 1. The van der Waals surface area contributed by atoms with Crippen LogP contribution in [0.1, 0.15) is 41.3 Å². The second-order valence-electron chi connectivity index (χ2n) is 5.82. The fraction of sp³-hybridized carbons (Fsp3) is 0.316. The van der Waals surface area contributed by atoms with Gasteiger partial charge < -0.3 is 14.6 Å². The molecule has 0 aliphatic heterocycles. The Kier molecular flexibility index (Phi) is 6.26. The molecule has 0 fully saturated rings. The molecule has 2 aromatic carbocycles. The van der Waals surface area contributed by atoms with Crippen LogP contribution in [0.5, 0.6) is 11.5 Å². The number of aromatic carboxylic acids is 1. The highest BCUT2D eigenvalue weighted by atomic mass is 79.9. The fourth-order valence-corrected chi connectivity index (χ4v) is 2.94.